The Kier molecular flexibility index (Phi) is 3.31. The van der Waals surface area contributed by atoms with E-state index in [1.807, 2.05) is 0 Å². The Hall–Kier alpha value is -1.27. The van der Waals surface area contributed by atoms with E-state index in [1.165, 1.54) is 12.1 Å². The summed E-state index contributed by atoms with van der Waals surface area (Å²) in [6, 6.07) is 6.63. The average Bonchev–Trinajstić information content (AvgIpc) is 2.67. The van der Waals surface area contributed by atoms with Crippen molar-refractivity contribution in [2.75, 3.05) is 5.88 Å². The van der Waals surface area contributed by atoms with E-state index in [1.54, 1.807) is 6.07 Å². The number of fused-ring (bicyclic) bond motifs is 1. The van der Waals surface area contributed by atoms with Crippen molar-refractivity contribution in [1.82, 2.24) is 0 Å². The Labute approximate surface area is 98.6 Å². The van der Waals surface area contributed by atoms with E-state index in [-0.39, 0.29) is 17.8 Å². The molecule has 2 atom stereocenters. The molecule has 0 aromatic heterocycles. The summed E-state index contributed by atoms with van der Waals surface area (Å²) in [5.41, 5.74) is 0.872. The maximum Gasteiger partial charge on any atom is 0.123 e. The highest BCUT2D eigenvalue weighted by molar-refractivity contribution is 6.18. The predicted octanol–water partition coefficient (Wildman–Crippen LogP) is 2.90. The van der Waals surface area contributed by atoms with Crippen LogP contribution >= 0.6 is 11.6 Å². The monoisotopic (exact) mass is 239 g/mol. The van der Waals surface area contributed by atoms with Gasteiger partial charge in [0.1, 0.15) is 17.7 Å². The summed E-state index contributed by atoms with van der Waals surface area (Å²) >= 11 is 5.64. The van der Waals surface area contributed by atoms with Gasteiger partial charge < -0.3 is 4.74 Å². The number of nitrogens with zero attached hydrogens (tertiary/aromatic N) is 1. The molecule has 1 aliphatic rings. The second-order valence-electron chi connectivity index (χ2n) is 3.91. The van der Waals surface area contributed by atoms with Crippen molar-refractivity contribution < 1.29 is 9.13 Å². The SMILES string of the molecule is N#CC(CCl)CC1Cc2cc(F)ccc2O1. The second-order valence-corrected chi connectivity index (χ2v) is 4.22. The molecule has 0 fully saturated rings. The van der Waals surface area contributed by atoms with E-state index in [0.29, 0.717) is 18.7 Å². The van der Waals surface area contributed by atoms with Crippen molar-refractivity contribution in [3.8, 4) is 11.8 Å². The first-order valence-corrected chi connectivity index (χ1v) is 5.67. The van der Waals surface area contributed by atoms with Gasteiger partial charge in [0.05, 0.1) is 12.0 Å². The lowest BCUT2D eigenvalue weighted by Gasteiger charge is -2.12. The van der Waals surface area contributed by atoms with Crippen molar-refractivity contribution in [2.24, 2.45) is 5.92 Å². The van der Waals surface area contributed by atoms with E-state index in [9.17, 15) is 4.39 Å². The molecule has 16 heavy (non-hydrogen) atoms. The molecule has 0 spiro atoms. The Morgan fingerprint density at radius 1 is 1.62 bits per heavy atom. The number of alkyl halides is 1. The number of nitriles is 1. The zero-order valence-corrected chi connectivity index (χ0v) is 9.38. The predicted molar refractivity (Wildman–Crippen MR) is 59.0 cm³/mol. The van der Waals surface area contributed by atoms with Crippen LogP contribution in [-0.2, 0) is 6.42 Å². The lowest BCUT2D eigenvalue weighted by atomic mass is 10.0. The third-order valence-corrected chi connectivity index (χ3v) is 3.05. The molecule has 2 nitrogen and oxygen atoms in total. The highest BCUT2D eigenvalue weighted by atomic mass is 35.5. The first-order chi connectivity index (χ1) is 7.72. The Morgan fingerprint density at radius 3 is 3.12 bits per heavy atom. The molecule has 4 heteroatoms. The van der Waals surface area contributed by atoms with E-state index < -0.39 is 0 Å². The van der Waals surface area contributed by atoms with Crippen LogP contribution in [0, 0.1) is 23.1 Å². The number of hydrogen-bond donors (Lipinski definition) is 0. The van der Waals surface area contributed by atoms with Crippen LogP contribution in [0.3, 0.4) is 0 Å². The van der Waals surface area contributed by atoms with Crippen LogP contribution < -0.4 is 4.74 Å². The minimum absolute atomic E-state index is 0.0554. The molecule has 0 aliphatic carbocycles. The summed E-state index contributed by atoms with van der Waals surface area (Å²) in [4.78, 5) is 0. The first-order valence-electron chi connectivity index (χ1n) is 5.13. The van der Waals surface area contributed by atoms with Crippen LogP contribution in [0.1, 0.15) is 12.0 Å². The molecule has 2 rings (SSSR count). The maximum absolute atomic E-state index is 13.0. The summed E-state index contributed by atoms with van der Waals surface area (Å²) in [5.74, 6) is 0.571. The summed E-state index contributed by atoms with van der Waals surface area (Å²) in [6.07, 6.45) is 1.19. The summed E-state index contributed by atoms with van der Waals surface area (Å²) in [6.45, 7) is 0. The third kappa shape index (κ3) is 2.28. The maximum atomic E-state index is 13.0. The number of benzene rings is 1. The van der Waals surface area contributed by atoms with Gasteiger partial charge in [-0.15, -0.1) is 11.6 Å². The molecule has 0 saturated heterocycles. The molecule has 1 aliphatic heterocycles. The Balaban J connectivity index is 2.03. The van der Waals surface area contributed by atoms with Gasteiger partial charge >= 0.3 is 0 Å². The van der Waals surface area contributed by atoms with Gasteiger partial charge in [0.15, 0.2) is 0 Å². The minimum Gasteiger partial charge on any atom is -0.490 e. The van der Waals surface area contributed by atoms with E-state index in [4.69, 9.17) is 21.6 Å². The zero-order chi connectivity index (χ0) is 11.5. The molecule has 0 radical (unpaired) electrons. The van der Waals surface area contributed by atoms with Gasteiger partial charge in [-0.3, -0.25) is 0 Å². The van der Waals surface area contributed by atoms with Gasteiger partial charge in [0, 0.05) is 24.3 Å². The minimum atomic E-state index is -0.253. The largest absolute Gasteiger partial charge is 0.490 e. The molecule has 2 unspecified atom stereocenters. The average molecular weight is 240 g/mol. The van der Waals surface area contributed by atoms with Gasteiger partial charge in [-0.2, -0.15) is 5.26 Å². The van der Waals surface area contributed by atoms with Crippen LogP contribution in [0.4, 0.5) is 4.39 Å². The fraction of sp³-hybridized carbons (Fsp3) is 0.417. The van der Waals surface area contributed by atoms with E-state index in [2.05, 4.69) is 6.07 Å². The molecule has 84 valence electrons. The molecule has 1 aromatic rings. The fourth-order valence-electron chi connectivity index (χ4n) is 1.89. The van der Waals surface area contributed by atoms with Crippen LogP contribution in [0.25, 0.3) is 0 Å². The lowest BCUT2D eigenvalue weighted by molar-refractivity contribution is 0.209. The summed E-state index contributed by atoms with van der Waals surface area (Å²) in [5, 5.41) is 8.80. The molecule has 0 amide bonds. The topological polar surface area (TPSA) is 33.0 Å². The summed E-state index contributed by atoms with van der Waals surface area (Å²) < 4.78 is 18.6. The fourth-order valence-corrected chi connectivity index (χ4v) is 2.08. The van der Waals surface area contributed by atoms with Gasteiger partial charge in [0.25, 0.3) is 0 Å². The van der Waals surface area contributed by atoms with Crippen LogP contribution in [0.15, 0.2) is 18.2 Å². The standard InChI is InChI=1S/C12H11ClFNO/c13-6-8(7-15)3-11-5-9-4-10(14)1-2-12(9)16-11/h1-2,4,8,11H,3,5-6H2. The molecule has 0 saturated carbocycles. The molecular weight excluding hydrogens is 229 g/mol. The van der Waals surface area contributed by atoms with Gasteiger partial charge in [-0.25, -0.2) is 4.39 Å². The van der Waals surface area contributed by atoms with E-state index in [0.717, 1.165) is 11.3 Å². The van der Waals surface area contributed by atoms with E-state index >= 15 is 0 Å². The number of hydrogen-bond acceptors (Lipinski definition) is 2. The van der Waals surface area contributed by atoms with Crippen molar-refractivity contribution in [3.63, 3.8) is 0 Å². The van der Waals surface area contributed by atoms with Crippen molar-refractivity contribution >= 4 is 11.6 Å². The molecule has 1 heterocycles. The van der Waals surface area contributed by atoms with Crippen LogP contribution in [0.2, 0.25) is 0 Å². The number of halogens is 2. The Morgan fingerprint density at radius 2 is 2.44 bits per heavy atom. The molecule has 0 N–H and O–H groups in total. The number of rotatable bonds is 3. The van der Waals surface area contributed by atoms with Gasteiger partial charge in [0.2, 0.25) is 0 Å². The third-order valence-electron chi connectivity index (χ3n) is 2.68. The molecular formula is C12H11ClFNO. The molecule has 1 aromatic carbocycles. The first kappa shape index (κ1) is 11.2. The van der Waals surface area contributed by atoms with Crippen LogP contribution in [0.5, 0.6) is 5.75 Å². The smallest absolute Gasteiger partial charge is 0.123 e. The van der Waals surface area contributed by atoms with Gasteiger partial charge in [-0.05, 0) is 18.2 Å². The van der Waals surface area contributed by atoms with Crippen LogP contribution in [-0.4, -0.2) is 12.0 Å². The van der Waals surface area contributed by atoms with Crippen molar-refractivity contribution in [2.45, 2.75) is 18.9 Å². The quantitative estimate of drug-likeness (QED) is 0.760. The van der Waals surface area contributed by atoms with Crippen molar-refractivity contribution in [3.05, 3.63) is 29.6 Å². The van der Waals surface area contributed by atoms with Gasteiger partial charge in [-0.1, -0.05) is 0 Å². The Bertz CT molecular complexity index is 430. The lowest BCUT2D eigenvalue weighted by Crippen LogP contribution is -2.18. The zero-order valence-electron chi connectivity index (χ0n) is 8.62. The highest BCUT2D eigenvalue weighted by Crippen LogP contribution is 2.31. The second kappa shape index (κ2) is 4.71. The number of ether oxygens (including phenoxy) is 1. The summed E-state index contributed by atoms with van der Waals surface area (Å²) in [7, 11) is 0. The highest BCUT2D eigenvalue weighted by Gasteiger charge is 2.25. The van der Waals surface area contributed by atoms with Crippen molar-refractivity contribution in [1.29, 1.82) is 5.26 Å². The normalized spacial score (nSPS) is 19.7. The molecule has 0 bridgehead atoms.